The van der Waals surface area contributed by atoms with Crippen molar-refractivity contribution in [1.29, 1.82) is 0 Å². The van der Waals surface area contributed by atoms with Crippen LogP contribution < -0.4 is 39.9 Å². The third kappa shape index (κ3) is 6.84. The van der Waals surface area contributed by atoms with Crippen LogP contribution in [0, 0.1) is 0 Å². The van der Waals surface area contributed by atoms with Crippen molar-refractivity contribution in [2.24, 2.45) is 5.73 Å². The molecule has 0 unspecified atom stereocenters. The molecule has 0 saturated heterocycles. The fourth-order valence-electron chi connectivity index (χ4n) is 5.55. The molecule has 1 aliphatic heterocycles. The van der Waals surface area contributed by atoms with Crippen molar-refractivity contribution in [1.82, 2.24) is 9.55 Å². The molecule has 0 bridgehead atoms. The Morgan fingerprint density at radius 2 is 1.69 bits per heavy atom. The molecule has 0 aliphatic carbocycles. The van der Waals surface area contributed by atoms with Crippen molar-refractivity contribution in [3.05, 3.63) is 65.1 Å². The van der Waals surface area contributed by atoms with E-state index in [9.17, 15) is 36.0 Å². The predicted octanol–water partition coefficient (Wildman–Crippen LogP) is 4.59. The van der Waals surface area contributed by atoms with Crippen LogP contribution in [0.1, 0.15) is 12.8 Å². The molecule has 15 nitrogen and oxygen atoms in total. The summed E-state index contributed by atoms with van der Waals surface area (Å²) in [5.41, 5.74) is 1.08. The average Bonchev–Trinajstić information content (AvgIpc) is 3.57. The number of para-hydroxylation sites is 2. The van der Waals surface area contributed by atoms with Gasteiger partial charge in [0.2, 0.25) is 6.79 Å². The first-order valence-corrected chi connectivity index (χ1v) is 16.8. The highest BCUT2D eigenvalue weighted by molar-refractivity contribution is 7.87. The first-order valence-electron chi connectivity index (χ1n) is 15.4. The Kier molecular flexibility index (Phi) is 9.84. The van der Waals surface area contributed by atoms with E-state index in [0.29, 0.717) is 38.7 Å². The predicted molar refractivity (Wildman–Crippen MR) is 179 cm³/mol. The number of aromatic nitrogens is 2. The van der Waals surface area contributed by atoms with Crippen molar-refractivity contribution < 1.29 is 59.0 Å². The lowest BCUT2D eigenvalue weighted by molar-refractivity contribution is -0.134. The van der Waals surface area contributed by atoms with E-state index in [4.69, 9.17) is 29.4 Å². The highest BCUT2D eigenvalue weighted by Crippen LogP contribution is 2.40. The molecule has 3 aromatic carbocycles. The van der Waals surface area contributed by atoms with Gasteiger partial charge in [0, 0.05) is 55.0 Å². The molecule has 0 spiro atoms. The number of anilines is 1. The lowest BCUT2D eigenvalue weighted by Crippen LogP contribution is -2.30. The van der Waals surface area contributed by atoms with Gasteiger partial charge in [-0.2, -0.15) is 21.6 Å². The molecule has 6 rings (SSSR count). The maximum absolute atomic E-state index is 14.0. The number of nitrogens with two attached hydrogens (primary N) is 1. The molecule has 0 saturated carbocycles. The number of benzene rings is 3. The Hall–Kier alpha value is -5.66. The Bertz CT molecular complexity index is 2400. The fourth-order valence-corrected chi connectivity index (χ4v) is 6.02. The number of hydrogen-bond acceptors (Lipinski definition) is 13. The van der Waals surface area contributed by atoms with Crippen molar-refractivity contribution in [2.75, 3.05) is 39.0 Å². The lowest BCUT2D eigenvalue weighted by Gasteiger charge is -2.21. The molecule has 1 amide bonds. The molecule has 52 heavy (non-hydrogen) atoms. The summed E-state index contributed by atoms with van der Waals surface area (Å²) in [5, 5.41) is 1.86. The fraction of sp³-hybridized carbons (Fsp3) is 0.273. The Labute approximate surface area is 292 Å². The number of halogens is 3. The molecular weight excluding hydrogens is 717 g/mol. The van der Waals surface area contributed by atoms with E-state index < -0.39 is 52.7 Å². The summed E-state index contributed by atoms with van der Waals surface area (Å²) in [6, 6.07) is 12.2. The van der Waals surface area contributed by atoms with E-state index in [1.165, 1.54) is 43.0 Å². The molecule has 2 N–H and O–H groups in total. The van der Waals surface area contributed by atoms with E-state index in [1.807, 2.05) is 0 Å². The van der Waals surface area contributed by atoms with Gasteiger partial charge < -0.3 is 34.0 Å². The largest absolute Gasteiger partial charge is 0.523 e. The number of nitrogens with zero attached hydrogens (tertiary/aromatic N) is 3. The summed E-state index contributed by atoms with van der Waals surface area (Å²) in [7, 11) is -3.13. The minimum absolute atomic E-state index is 0.0510. The van der Waals surface area contributed by atoms with Gasteiger partial charge >= 0.3 is 27.7 Å². The van der Waals surface area contributed by atoms with E-state index in [1.54, 1.807) is 30.5 Å². The molecule has 5 aromatic rings. The summed E-state index contributed by atoms with van der Waals surface area (Å²) < 4.78 is 92.4. The zero-order valence-corrected chi connectivity index (χ0v) is 28.2. The average molecular weight is 747 g/mol. The van der Waals surface area contributed by atoms with Gasteiger partial charge in [-0.05, 0) is 36.8 Å². The maximum Gasteiger partial charge on any atom is 0.523 e. The van der Waals surface area contributed by atoms with Gasteiger partial charge in [-0.3, -0.25) is 23.7 Å². The number of pyridine rings is 2. The number of amides is 1. The maximum atomic E-state index is 14.0. The first kappa shape index (κ1) is 36.1. The van der Waals surface area contributed by atoms with E-state index in [2.05, 4.69) is 9.17 Å². The standard InChI is InChI=1S/C33H29F3N4O11S/c1-39(23-6-3-4-7-24(23)50-29(41)8-5-11-49-52(44,45)33(34,35)36)32(43)51-28-13-19-18(12-25(28)46-2)21-16-38-22-15-27-26(47-17-48-27)14-20(22)30(21)40(10-9-37)31(19)42/h3-4,6-7,12-16H,5,8-11,17,37H2,1-2H3. The van der Waals surface area contributed by atoms with Gasteiger partial charge in [0.1, 0.15) is 0 Å². The van der Waals surface area contributed by atoms with Crippen LogP contribution in [0.2, 0.25) is 0 Å². The van der Waals surface area contributed by atoms with Crippen molar-refractivity contribution in [3.8, 4) is 28.7 Å². The summed E-state index contributed by atoms with van der Waals surface area (Å²) in [6.45, 7) is -0.576. The first-order chi connectivity index (χ1) is 24.7. The van der Waals surface area contributed by atoms with Gasteiger partial charge in [-0.15, -0.1) is 0 Å². The summed E-state index contributed by atoms with van der Waals surface area (Å²) in [6.07, 6.45) is -0.270. The van der Waals surface area contributed by atoms with Crippen molar-refractivity contribution >= 4 is 60.4 Å². The van der Waals surface area contributed by atoms with Crippen LogP contribution in [0.3, 0.4) is 0 Å². The van der Waals surface area contributed by atoms with Crippen LogP contribution in [-0.2, 0) is 25.6 Å². The number of carbonyl (C=O) groups excluding carboxylic acids is 2. The van der Waals surface area contributed by atoms with Gasteiger partial charge in [-0.25, -0.2) is 4.79 Å². The highest BCUT2D eigenvalue weighted by Gasteiger charge is 2.47. The highest BCUT2D eigenvalue weighted by atomic mass is 32.2. The van der Waals surface area contributed by atoms with Gasteiger partial charge in [0.25, 0.3) is 5.56 Å². The molecule has 274 valence electrons. The molecule has 1 aliphatic rings. The van der Waals surface area contributed by atoms with Crippen LogP contribution in [0.4, 0.5) is 23.7 Å². The number of hydrogen-bond donors (Lipinski definition) is 1. The van der Waals surface area contributed by atoms with Crippen LogP contribution in [0.5, 0.6) is 28.7 Å². The zero-order valence-electron chi connectivity index (χ0n) is 27.4. The molecular formula is C33H29F3N4O11S. The Morgan fingerprint density at radius 3 is 2.40 bits per heavy atom. The Balaban J connectivity index is 1.27. The topological polar surface area (TPSA) is 188 Å². The summed E-state index contributed by atoms with van der Waals surface area (Å²) in [4.78, 5) is 45.5. The van der Waals surface area contributed by atoms with Gasteiger partial charge in [0.15, 0.2) is 28.7 Å². The normalized spacial score (nSPS) is 12.7. The van der Waals surface area contributed by atoms with E-state index >= 15 is 0 Å². The number of esters is 1. The second kappa shape index (κ2) is 14.2. The number of fused-ring (bicyclic) bond motifs is 6. The monoisotopic (exact) mass is 746 g/mol. The SMILES string of the molecule is COc1cc2c(cc1OC(=O)N(C)c1ccccc1OC(=O)CCCOS(=O)(=O)C(F)(F)F)c(=O)n(CCN)c1c3cc4c(cc3ncc21)OCO4. The number of ether oxygens (including phenoxy) is 5. The van der Waals surface area contributed by atoms with Crippen LogP contribution in [0.25, 0.3) is 32.6 Å². The molecule has 2 aromatic heterocycles. The number of carbonyl (C=O) groups is 2. The van der Waals surface area contributed by atoms with Gasteiger partial charge in [0.05, 0.1) is 35.8 Å². The quantitative estimate of drug-likeness (QED) is 0.0494. The second-order valence-electron chi connectivity index (χ2n) is 11.2. The zero-order chi connectivity index (χ0) is 37.4. The Morgan fingerprint density at radius 1 is 0.981 bits per heavy atom. The minimum Gasteiger partial charge on any atom is -0.493 e. The number of alkyl halides is 3. The van der Waals surface area contributed by atoms with Gasteiger partial charge in [-0.1, -0.05) is 12.1 Å². The van der Waals surface area contributed by atoms with Crippen LogP contribution in [0.15, 0.2) is 59.5 Å². The van der Waals surface area contributed by atoms with Crippen LogP contribution >= 0.6 is 0 Å². The molecule has 0 atom stereocenters. The third-order valence-electron chi connectivity index (χ3n) is 7.99. The number of rotatable bonds is 11. The molecule has 3 heterocycles. The number of methoxy groups -OCH3 is 1. The molecule has 0 fully saturated rings. The third-order valence-corrected chi connectivity index (χ3v) is 9.04. The van der Waals surface area contributed by atoms with Crippen LogP contribution in [-0.4, -0.2) is 69.6 Å². The van der Waals surface area contributed by atoms with E-state index in [0.717, 1.165) is 4.90 Å². The minimum atomic E-state index is -5.81. The summed E-state index contributed by atoms with van der Waals surface area (Å²) in [5.74, 6) is -0.0258. The second-order valence-corrected chi connectivity index (χ2v) is 12.8. The van der Waals surface area contributed by atoms with E-state index in [-0.39, 0.29) is 48.2 Å². The summed E-state index contributed by atoms with van der Waals surface area (Å²) >= 11 is 0. The van der Waals surface area contributed by atoms with Crippen molar-refractivity contribution in [2.45, 2.75) is 24.9 Å². The van der Waals surface area contributed by atoms with Crippen molar-refractivity contribution in [3.63, 3.8) is 0 Å². The molecule has 19 heteroatoms. The lowest BCUT2D eigenvalue weighted by atomic mass is 10.0. The smallest absolute Gasteiger partial charge is 0.493 e. The molecule has 0 radical (unpaired) electrons.